The van der Waals surface area contributed by atoms with Gasteiger partial charge in [-0.05, 0) is 18.2 Å². The molecule has 0 amide bonds. The van der Waals surface area contributed by atoms with Crippen molar-refractivity contribution in [3.8, 4) is 10.6 Å². The van der Waals surface area contributed by atoms with Crippen LogP contribution in [0, 0.1) is 11.6 Å². The fourth-order valence-electron chi connectivity index (χ4n) is 1.14. The van der Waals surface area contributed by atoms with E-state index in [9.17, 15) is 8.78 Å². The Morgan fingerprint density at radius 3 is 2.67 bits per heavy atom. The summed E-state index contributed by atoms with van der Waals surface area (Å²) >= 11 is 5.48. The Kier molecular flexibility index (Phi) is 3.02. The van der Waals surface area contributed by atoms with Gasteiger partial charge in [0.2, 0.25) is 0 Å². The number of thiazole rings is 1. The molecule has 2 rings (SSSR count). The van der Waals surface area contributed by atoms with E-state index in [2.05, 4.69) is 17.6 Å². The zero-order valence-corrected chi connectivity index (χ0v) is 9.29. The largest absolute Gasteiger partial charge is 0.240 e. The lowest BCUT2D eigenvalue weighted by Crippen LogP contribution is -1.85. The molecule has 2 aromatic rings. The van der Waals surface area contributed by atoms with Crippen LogP contribution in [0.3, 0.4) is 0 Å². The molecule has 5 heteroatoms. The molecular formula is C10H7F2NS2. The summed E-state index contributed by atoms with van der Waals surface area (Å²) in [6.07, 6.45) is 0. The summed E-state index contributed by atoms with van der Waals surface area (Å²) in [5, 5.41) is 2.53. The van der Waals surface area contributed by atoms with E-state index in [-0.39, 0.29) is 0 Å². The van der Waals surface area contributed by atoms with E-state index in [1.54, 1.807) is 0 Å². The number of benzene rings is 1. The van der Waals surface area contributed by atoms with Crippen LogP contribution in [0.2, 0.25) is 0 Å². The summed E-state index contributed by atoms with van der Waals surface area (Å²) in [7, 11) is 0. The third-order valence-corrected chi connectivity index (χ3v) is 3.14. The molecule has 0 saturated carbocycles. The van der Waals surface area contributed by atoms with E-state index in [0.717, 1.165) is 17.8 Å². The van der Waals surface area contributed by atoms with Crippen LogP contribution < -0.4 is 0 Å². The quantitative estimate of drug-likeness (QED) is 0.796. The van der Waals surface area contributed by atoms with Crippen molar-refractivity contribution in [1.29, 1.82) is 0 Å². The molecule has 0 aliphatic carbocycles. The van der Waals surface area contributed by atoms with Gasteiger partial charge in [0.15, 0.2) is 11.6 Å². The molecule has 1 aromatic heterocycles. The fraction of sp³-hybridized carbons (Fsp3) is 0.100. The minimum atomic E-state index is -0.852. The number of hydrogen-bond acceptors (Lipinski definition) is 3. The third kappa shape index (κ3) is 2.18. The minimum absolute atomic E-state index is 0.542. The van der Waals surface area contributed by atoms with Crippen molar-refractivity contribution in [2.24, 2.45) is 0 Å². The van der Waals surface area contributed by atoms with Crippen LogP contribution in [0.4, 0.5) is 8.78 Å². The van der Waals surface area contributed by atoms with Gasteiger partial charge in [-0.3, -0.25) is 0 Å². The summed E-state index contributed by atoms with van der Waals surface area (Å²) in [5.74, 6) is -1.15. The maximum Gasteiger partial charge on any atom is 0.159 e. The second kappa shape index (κ2) is 4.28. The van der Waals surface area contributed by atoms with Crippen LogP contribution in [-0.2, 0) is 5.75 Å². The second-order valence-corrected chi connectivity index (χ2v) is 4.11. The van der Waals surface area contributed by atoms with E-state index >= 15 is 0 Å². The van der Waals surface area contributed by atoms with Gasteiger partial charge < -0.3 is 0 Å². The molecule has 15 heavy (non-hydrogen) atoms. The molecule has 0 N–H and O–H groups in total. The van der Waals surface area contributed by atoms with Crippen LogP contribution in [0.1, 0.15) is 5.69 Å². The maximum atomic E-state index is 12.9. The predicted molar refractivity (Wildman–Crippen MR) is 60.2 cm³/mol. The van der Waals surface area contributed by atoms with E-state index < -0.39 is 11.6 Å². The number of nitrogens with zero attached hydrogens (tertiary/aromatic N) is 1. The Balaban J connectivity index is 2.40. The molecule has 1 aromatic carbocycles. The number of rotatable bonds is 2. The first-order valence-corrected chi connectivity index (χ1v) is 5.72. The van der Waals surface area contributed by atoms with Gasteiger partial charge in [-0.1, -0.05) is 0 Å². The zero-order valence-electron chi connectivity index (χ0n) is 7.58. The molecule has 0 radical (unpaired) electrons. The summed E-state index contributed by atoms with van der Waals surface area (Å²) in [4.78, 5) is 4.22. The Labute approximate surface area is 95.2 Å². The molecule has 0 unspecified atom stereocenters. The van der Waals surface area contributed by atoms with Crippen molar-refractivity contribution in [3.05, 3.63) is 40.9 Å². The number of hydrogen-bond donors (Lipinski definition) is 1. The monoisotopic (exact) mass is 243 g/mol. The summed E-state index contributed by atoms with van der Waals surface area (Å²) in [6, 6.07) is 3.77. The van der Waals surface area contributed by atoms with Crippen molar-refractivity contribution < 1.29 is 8.78 Å². The van der Waals surface area contributed by atoms with Gasteiger partial charge in [-0.2, -0.15) is 12.6 Å². The first-order chi connectivity index (χ1) is 7.20. The molecule has 78 valence electrons. The highest BCUT2D eigenvalue weighted by Gasteiger charge is 2.07. The highest BCUT2D eigenvalue weighted by Crippen LogP contribution is 2.25. The minimum Gasteiger partial charge on any atom is -0.240 e. The van der Waals surface area contributed by atoms with Gasteiger partial charge >= 0.3 is 0 Å². The van der Waals surface area contributed by atoms with Crippen LogP contribution in [0.5, 0.6) is 0 Å². The number of aromatic nitrogens is 1. The number of thiol groups is 1. The Bertz CT molecular complexity index is 482. The van der Waals surface area contributed by atoms with Crippen molar-refractivity contribution >= 4 is 24.0 Å². The molecule has 0 saturated heterocycles. The summed E-state index contributed by atoms with van der Waals surface area (Å²) < 4.78 is 25.6. The molecule has 1 heterocycles. The first kappa shape index (κ1) is 10.6. The maximum absolute atomic E-state index is 12.9. The lowest BCUT2D eigenvalue weighted by atomic mass is 10.2. The lowest BCUT2D eigenvalue weighted by molar-refractivity contribution is 0.509. The lowest BCUT2D eigenvalue weighted by Gasteiger charge is -1.97. The normalized spacial score (nSPS) is 10.6. The van der Waals surface area contributed by atoms with Crippen LogP contribution in [0.25, 0.3) is 10.6 Å². The van der Waals surface area contributed by atoms with Crippen molar-refractivity contribution in [2.75, 3.05) is 0 Å². The molecule has 0 bridgehead atoms. The zero-order chi connectivity index (χ0) is 10.8. The van der Waals surface area contributed by atoms with Gasteiger partial charge in [-0.15, -0.1) is 11.3 Å². The molecule has 0 aliphatic rings. The molecule has 0 aliphatic heterocycles. The van der Waals surface area contributed by atoms with Gasteiger partial charge in [0.1, 0.15) is 5.01 Å². The molecule has 0 atom stereocenters. The molecular weight excluding hydrogens is 236 g/mol. The first-order valence-electron chi connectivity index (χ1n) is 4.21. The van der Waals surface area contributed by atoms with E-state index in [1.807, 2.05) is 5.38 Å². The molecule has 0 fully saturated rings. The topological polar surface area (TPSA) is 12.9 Å². The van der Waals surface area contributed by atoms with Gasteiger partial charge in [0.05, 0.1) is 5.69 Å². The molecule has 1 nitrogen and oxygen atoms in total. The van der Waals surface area contributed by atoms with E-state index in [0.29, 0.717) is 16.3 Å². The highest BCUT2D eigenvalue weighted by atomic mass is 32.1. The Morgan fingerprint density at radius 1 is 1.27 bits per heavy atom. The van der Waals surface area contributed by atoms with Gasteiger partial charge in [0, 0.05) is 16.7 Å². The van der Waals surface area contributed by atoms with E-state index in [1.165, 1.54) is 17.4 Å². The Morgan fingerprint density at radius 2 is 2.07 bits per heavy atom. The average Bonchev–Trinajstić information content (AvgIpc) is 2.70. The van der Waals surface area contributed by atoms with Crippen molar-refractivity contribution in [3.63, 3.8) is 0 Å². The summed E-state index contributed by atoms with van der Waals surface area (Å²) in [6.45, 7) is 0. The van der Waals surface area contributed by atoms with Crippen molar-refractivity contribution in [1.82, 2.24) is 4.98 Å². The van der Waals surface area contributed by atoms with Crippen LogP contribution in [-0.4, -0.2) is 4.98 Å². The highest BCUT2D eigenvalue weighted by molar-refractivity contribution is 7.79. The summed E-state index contributed by atoms with van der Waals surface area (Å²) in [5.41, 5.74) is 1.43. The SMILES string of the molecule is Fc1ccc(-c2nc(CS)cs2)cc1F. The van der Waals surface area contributed by atoms with Crippen LogP contribution >= 0.6 is 24.0 Å². The smallest absolute Gasteiger partial charge is 0.159 e. The number of halogens is 2. The average molecular weight is 243 g/mol. The Hall–Kier alpha value is -0.940. The fourth-order valence-corrected chi connectivity index (χ4v) is 2.24. The predicted octanol–water partition coefficient (Wildman–Crippen LogP) is 3.52. The van der Waals surface area contributed by atoms with Gasteiger partial charge in [-0.25, -0.2) is 13.8 Å². The van der Waals surface area contributed by atoms with E-state index in [4.69, 9.17) is 0 Å². The standard InChI is InChI=1S/C10H7F2NS2/c11-8-2-1-6(3-9(8)12)10-13-7(4-14)5-15-10/h1-3,5,14H,4H2. The van der Waals surface area contributed by atoms with Crippen LogP contribution in [0.15, 0.2) is 23.6 Å². The third-order valence-electron chi connectivity index (χ3n) is 1.88. The van der Waals surface area contributed by atoms with Gasteiger partial charge in [0.25, 0.3) is 0 Å². The van der Waals surface area contributed by atoms with Crippen molar-refractivity contribution in [2.45, 2.75) is 5.75 Å². The molecule has 0 spiro atoms. The second-order valence-electron chi connectivity index (χ2n) is 2.93.